The van der Waals surface area contributed by atoms with Crippen molar-refractivity contribution >= 4 is 34.4 Å². The summed E-state index contributed by atoms with van der Waals surface area (Å²) in [6.07, 6.45) is 8.36. The number of hydrogen-bond acceptors (Lipinski definition) is 10. The van der Waals surface area contributed by atoms with Crippen molar-refractivity contribution in [2.75, 3.05) is 17.7 Å². The molecule has 1 fully saturated rings. The Morgan fingerprint density at radius 1 is 1.16 bits per heavy atom. The molecule has 0 radical (unpaired) electrons. The van der Waals surface area contributed by atoms with Gasteiger partial charge in [-0.2, -0.15) is 14.6 Å². The summed E-state index contributed by atoms with van der Waals surface area (Å²) < 4.78 is 43.0. The number of carbonyl (C=O) groups is 2. The van der Waals surface area contributed by atoms with E-state index in [9.17, 15) is 18.4 Å². The number of rotatable bonds is 11. The van der Waals surface area contributed by atoms with E-state index in [-0.39, 0.29) is 41.9 Å². The molecule has 1 aliphatic carbocycles. The van der Waals surface area contributed by atoms with Crippen molar-refractivity contribution in [3.05, 3.63) is 48.1 Å². The van der Waals surface area contributed by atoms with Gasteiger partial charge in [0, 0.05) is 30.3 Å². The fourth-order valence-corrected chi connectivity index (χ4v) is 6.08. The molecule has 1 saturated carbocycles. The van der Waals surface area contributed by atoms with Gasteiger partial charge in [-0.25, -0.2) is 14.1 Å². The van der Waals surface area contributed by atoms with Crippen LogP contribution in [-0.2, 0) is 25.8 Å². The molecule has 3 N–H and O–H groups in total. The zero-order valence-corrected chi connectivity index (χ0v) is 25.6. The van der Waals surface area contributed by atoms with Gasteiger partial charge in [0.2, 0.25) is 11.9 Å². The average Bonchev–Trinajstić information content (AvgIpc) is 3.77. The predicted octanol–water partition coefficient (Wildman–Crippen LogP) is 3.92. The first-order valence-electron chi connectivity index (χ1n) is 14.6. The predicted molar refractivity (Wildman–Crippen MR) is 161 cm³/mol. The standard InChI is InChI=1S/C29H36F2N8O4S/c1-4-42-19-7-5-18(6-8-19)39-13-21(26(37-39)25-20(30)9-10-23(31)36-25)34-27(40)22-14-44-28(35-22)17-11-33-38(12-17)15-43-29(41)24(32)16(2)3/h9-13,16,18-19,22,24H,4-8,14-15,32H2,1-3H3,(H,34,40)/t18-,19-,22?,24-/m0/s1. The summed E-state index contributed by atoms with van der Waals surface area (Å²) in [5.74, 6) is -2.24. The topological polar surface area (TPSA) is 152 Å². The monoisotopic (exact) mass is 630 g/mol. The highest BCUT2D eigenvalue weighted by molar-refractivity contribution is 8.14. The summed E-state index contributed by atoms with van der Waals surface area (Å²) in [6.45, 7) is 6.18. The summed E-state index contributed by atoms with van der Waals surface area (Å²) in [5, 5.41) is 12.2. The third kappa shape index (κ3) is 7.33. The van der Waals surface area contributed by atoms with Gasteiger partial charge in [0.05, 0.1) is 24.0 Å². The van der Waals surface area contributed by atoms with Crippen molar-refractivity contribution in [2.45, 2.75) is 77.4 Å². The molecule has 2 atom stereocenters. The van der Waals surface area contributed by atoms with Crippen LogP contribution in [-0.4, -0.2) is 72.0 Å². The maximum absolute atomic E-state index is 14.8. The molecule has 3 aromatic rings. The molecule has 1 unspecified atom stereocenters. The van der Waals surface area contributed by atoms with Crippen molar-refractivity contribution < 1.29 is 27.8 Å². The van der Waals surface area contributed by atoms with E-state index >= 15 is 0 Å². The van der Waals surface area contributed by atoms with E-state index in [0.717, 1.165) is 37.8 Å². The number of hydrogen-bond donors (Lipinski definition) is 2. The van der Waals surface area contributed by atoms with E-state index in [2.05, 4.69) is 25.5 Å². The SMILES string of the molecule is CCO[C@H]1CC[C@H](n2cc(NC(=O)C3CSC(c4cnn(COC(=O)[C@@H](N)C(C)C)c4)=N3)c(-c3nc(F)ccc3F)n2)CC1. The molecule has 0 saturated heterocycles. The highest BCUT2D eigenvalue weighted by Gasteiger charge is 2.30. The van der Waals surface area contributed by atoms with Crippen LogP contribution in [0.1, 0.15) is 58.1 Å². The van der Waals surface area contributed by atoms with E-state index in [1.807, 2.05) is 20.8 Å². The molecule has 5 rings (SSSR count). The van der Waals surface area contributed by atoms with Crippen molar-refractivity contribution in [3.8, 4) is 11.4 Å². The smallest absolute Gasteiger partial charge is 0.324 e. The van der Waals surface area contributed by atoms with Gasteiger partial charge in [-0.3, -0.25) is 19.3 Å². The maximum atomic E-state index is 14.8. The minimum atomic E-state index is -0.857. The number of aliphatic imine (C=N–C) groups is 1. The second kappa shape index (κ2) is 13.9. The number of nitrogens with two attached hydrogens (primary N) is 1. The van der Waals surface area contributed by atoms with Gasteiger partial charge in [0.1, 0.15) is 28.5 Å². The number of anilines is 1. The molecule has 44 heavy (non-hydrogen) atoms. The van der Waals surface area contributed by atoms with Gasteiger partial charge >= 0.3 is 5.97 Å². The Kier molecular flexibility index (Phi) is 10.1. The molecule has 0 spiro atoms. The van der Waals surface area contributed by atoms with Crippen LogP contribution < -0.4 is 11.1 Å². The number of nitrogens with one attached hydrogen (secondary N) is 1. The van der Waals surface area contributed by atoms with Crippen molar-refractivity contribution in [3.63, 3.8) is 0 Å². The lowest BCUT2D eigenvalue weighted by Crippen LogP contribution is -2.37. The molecular weight excluding hydrogens is 594 g/mol. The normalized spacial score (nSPS) is 20.9. The van der Waals surface area contributed by atoms with E-state index in [1.54, 1.807) is 23.3 Å². The molecule has 0 bridgehead atoms. The summed E-state index contributed by atoms with van der Waals surface area (Å²) in [5.41, 5.74) is 6.48. The summed E-state index contributed by atoms with van der Waals surface area (Å²) >= 11 is 1.38. The minimum absolute atomic E-state index is 0.0105. The number of halogens is 2. The molecule has 3 aromatic heterocycles. The molecule has 12 nitrogen and oxygen atoms in total. The van der Waals surface area contributed by atoms with E-state index in [4.69, 9.17) is 15.2 Å². The lowest BCUT2D eigenvalue weighted by atomic mass is 9.93. The summed E-state index contributed by atoms with van der Waals surface area (Å²) in [4.78, 5) is 33.7. The van der Waals surface area contributed by atoms with Crippen LogP contribution in [0.5, 0.6) is 0 Å². The second-order valence-corrected chi connectivity index (χ2v) is 12.1. The average molecular weight is 631 g/mol. The Morgan fingerprint density at radius 3 is 2.66 bits per heavy atom. The van der Waals surface area contributed by atoms with Crippen LogP contribution >= 0.6 is 11.8 Å². The summed E-state index contributed by atoms with van der Waals surface area (Å²) in [6, 6.07) is 0.455. The first-order valence-corrected chi connectivity index (χ1v) is 15.6. The van der Waals surface area contributed by atoms with Gasteiger partial charge in [0.25, 0.3) is 0 Å². The maximum Gasteiger partial charge on any atom is 0.324 e. The number of thioether (sulfide) groups is 1. The van der Waals surface area contributed by atoms with Crippen molar-refractivity contribution in [2.24, 2.45) is 16.6 Å². The number of pyridine rings is 1. The molecule has 4 heterocycles. The van der Waals surface area contributed by atoms with Gasteiger partial charge in [0.15, 0.2) is 12.5 Å². The van der Waals surface area contributed by atoms with Crippen LogP contribution in [0.25, 0.3) is 11.4 Å². The first-order chi connectivity index (χ1) is 21.1. The lowest BCUT2D eigenvalue weighted by Gasteiger charge is -2.28. The quantitative estimate of drug-likeness (QED) is 0.237. The number of esters is 1. The van der Waals surface area contributed by atoms with Crippen LogP contribution in [0.2, 0.25) is 0 Å². The van der Waals surface area contributed by atoms with E-state index in [1.165, 1.54) is 16.4 Å². The van der Waals surface area contributed by atoms with Crippen LogP contribution in [0.4, 0.5) is 14.5 Å². The third-order valence-electron chi connectivity index (χ3n) is 7.61. The minimum Gasteiger partial charge on any atom is -0.441 e. The number of ether oxygens (including phenoxy) is 2. The zero-order chi connectivity index (χ0) is 31.4. The van der Waals surface area contributed by atoms with Gasteiger partial charge in [-0.1, -0.05) is 13.8 Å². The number of aromatic nitrogens is 5. The largest absolute Gasteiger partial charge is 0.441 e. The second-order valence-electron chi connectivity index (χ2n) is 11.1. The first kappa shape index (κ1) is 31.7. The van der Waals surface area contributed by atoms with Gasteiger partial charge < -0.3 is 20.5 Å². The van der Waals surface area contributed by atoms with Crippen LogP contribution in [0, 0.1) is 17.7 Å². The molecule has 15 heteroatoms. The molecule has 1 aliphatic heterocycles. The van der Waals surface area contributed by atoms with E-state index < -0.39 is 35.7 Å². The highest BCUT2D eigenvalue weighted by atomic mass is 32.2. The fraction of sp³-hybridized carbons (Fsp3) is 0.517. The Balaban J connectivity index is 1.30. The zero-order valence-electron chi connectivity index (χ0n) is 24.8. The molecule has 0 aromatic carbocycles. The van der Waals surface area contributed by atoms with Gasteiger partial charge in [-0.15, -0.1) is 11.8 Å². The van der Waals surface area contributed by atoms with Crippen molar-refractivity contribution in [1.29, 1.82) is 0 Å². The third-order valence-corrected chi connectivity index (χ3v) is 8.71. The lowest BCUT2D eigenvalue weighted by molar-refractivity contribution is -0.150. The van der Waals surface area contributed by atoms with Crippen LogP contribution in [0.3, 0.4) is 0 Å². The Morgan fingerprint density at radius 2 is 1.93 bits per heavy atom. The van der Waals surface area contributed by atoms with Crippen molar-refractivity contribution in [1.82, 2.24) is 24.5 Å². The number of carbonyl (C=O) groups excluding carboxylic acids is 2. The molecule has 236 valence electrons. The van der Waals surface area contributed by atoms with Gasteiger partial charge in [-0.05, 0) is 50.7 Å². The fourth-order valence-electron chi connectivity index (χ4n) is 5.07. The Labute approximate surface area is 257 Å². The van der Waals surface area contributed by atoms with Crippen LogP contribution in [0.15, 0.2) is 35.7 Å². The molecule has 1 amide bonds. The number of amides is 1. The highest BCUT2D eigenvalue weighted by Crippen LogP contribution is 2.35. The number of nitrogens with zero attached hydrogens (tertiary/aromatic N) is 6. The molecular formula is C29H36F2N8O4S. The molecule has 2 aliphatic rings. The summed E-state index contributed by atoms with van der Waals surface area (Å²) in [7, 11) is 0. The Hall–Kier alpha value is -3.69. The van der Waals surface area contributed by atoms with E-state index in [0.29, 0.717) is 23.0 Å². The Bertz CT molecular complexity index is 1520.